The first-order valence-electron chi connectivity index (χ1n) is 6.71. The number of terminal acetylenes is 1. The van der Waals surface area contributed by atoms with E-state index in [1.54, 1.807) is 12.1 Å². The molecule has 0 atom stereocenters. The van der Waals surface area contributed by atoms with Gasteiger partial charge in [-0.25, -0.2) is 4.39 Å². The predicted molar refractivity (Wildman–Crippen MR) is 82.7 cm³/mol. The van der Waals surface area contributed by atoms with Crippen LogP contribution in [0.3, 0.4) is 0 Å². The molecule has 4 heteroatoms. The summed E-state index contributed by atoms with van der Waals surface area (Å²) < 4.78 is 19.5. The SMILES string of the molecule is C#CCOc1ccc(C2=[C-]C=C(C)C(=C)N2CC)c(F)c1.[Y]. The summed E-state index contributed by atoms with van der Waals surface area (Å²) in [7, 11) is 0. The van der Waals surface area contributed by atoms with Crippen LogP contribution in [0.25, 0.3) is 5.70 Å². The second-order valence-electron chi connectivity index (χ2n) is 4.65. The molecule has 1 aliphatic rings. The summed E-state index contributed by atoms with van der Waals surface area (Å²) in [4.78, 5) is 1.94. The number of halogens is 1. The maximum atomic E-state index is 14.3. The van der Waals surface area contributed by atoms with Crippen molar-refractivity contribution in [3.63, 3.8) is 0 Å². The minimum Gasteiger partial charge on any atom is -0.481 e. The van der Waals surface area contributed by atoms with Crippen LogP contribution in [0, 0.1) is 24.2 Å². The van der Waals surface area contributed by atoms with E-state index in [1.807, 2.05) is 24.8 Å². The van der Waals surface area contributed by atoms with Gasteiger partial charge in [-0.1, -0.05) is 30.7 Å². The van der Waals surface area contributed by atoms with Crippen molar-refractivity contribution < 1.29 is 41.8 Å². The molecule has 0 fully saturated rings. The first kappa shape index (κ1) is 18.7. The van der Waals surface area contributed by atoms with Gasteiger partial charge in [-0.05, 0) is 18.7 Å². The molecule has 0 unspecified atom stereocenters. The number of hydrogen-bond acceptors (Lipinski definition) is 2. The van der Waals surface area contributed by atoms with Crippen molar-refractivity contribution >= 4 is 5.70 Å². The average molecular weight is 371 g/mol. The Morgan fingerprint density at radius 3 is 2.77 bits per heavy atom. The zero-order chi connectivity index (χ0) is 15.4. The minimum absolute atomic E-state index is 0. The van der Waals surface area contributed by atoms with Crippen LogP contribution in [0.15, 0.2) is 42.1 Å². The number of ether oxygens (including phenoxy) is 1. The molecule has 1 aromatic rings. The van der Waals surface area contributed by atoms with Crippen LogP contribution in [-0.4, -0.2) is 18.1 Å². The molecule has 0 N–H and O–H groups in total. The van der Waals surface area contributed by atoms with Crippen LogP contribution in [0.4, 0.5) is 4.39 Å². The fourth-order valence-electron chi connectivity index (χ4n) is 2.16. The van der Waals surface area contributed by atoms with Crippen LogP contribution in [0.1, 0.15) is 19.4 Å². The summed E-state index contributed by atoms with van der Waals surface area (Å²) in [5, 5.41) is 0. The Labute approximate surface area is 156 Å². The summed E-state index contributed by atoms with van der Waals surface area (Å²) in [6.07, 6.45) is 10.1. The molecule has 2 rings (SSSR count). The van der Waals surface area contributed by atoms with Crippen LogP contribution < -0.4 is 4.74 Å². The molecule has 0 aliphatic carbocycles. The number of likely N-dealkylation sites (N-methyl/N-ethyl adjacent to an activating group) is 1. The van der Waals surface area contributed by atoms with E-state index in [-0.39, 0.29) is 45.1 Å². The zero-order valence-electron chi connectivity index (χ0n) is 12.8. The Balaban J connectivity index is 0.00000242. The molecular weight excluding hydrogens is 354 g/mol. The molecule has 0 saturated carbocycles. The number of rotatable bonds is 4. The van der Waals surface area contributed by atoms with Gasteiger partial charge in [-0.15, -0.1) is 18.1 Å². The molecule has 111 valence electrons. The van der Waals surface area contributed by atoms with Gasteiger partial charge >= 0.3 is 0 Å². The Morgan fingerprint density at radius 2 is 2.18 bits per heavy atom. The van der Waals surface area contributed by atoms with E-state index >= 15 is 0 Å². The summed E-state index contributed by atoms with van der Waals surface area (Å²) in [6.45, 7) is 8.81. The van der Waals surface area contributed by atoms with E-state index in [9.17, 15) is 4.39 Å². The maximum absolute atomic E-state index is 14.3. The first-order valence-corrected chi connectivity index (χ1v) is 6.71. The van der Waals surface area contributed by atoms with Crippen molar-refractivity contribution in [3.8, 4) is 18.1 Å². The summed E-state index contributed by atoms with van der Waals surface area (Å²) >= 11 is 0. The Kier molecular flexibility index (Phi) is 7.06. The van der Waals surface area contributed by atoms with Gasteiger partial charge in [-0.2, -0.15) is 12.2 Å². The molecule has 0 saturated heterocycles. The second-order valence-corrected chi connectivity index (χ2v) is 4.65. The van der Waals surface area contributed by atoms with Gasteiger partial charge in [-0.3, -0.25) is 0 Å². The third-order valence-electron chi connectivity index (χ3n) is 3.31. The van der Waals surface area contributed by atoms with Gasteiger partial charge in [0.15, 0.2) is 0 Å². The van der Waals surface area contributed by atoms with Crippen LogP contribution in [-0.2, 0) is 32.7 Å². The second kappa shape index (κ2) is 8.31. The molecule has 22 heavy (non-hydrogen) atoms. The molecule has 0 spiro atoms. The van der Waals surface area contributed by atoms with Gasteiger partial charge in [0.2, 0.25) is 0 Å². The Morgan fingerprint density at radius 1 is 1.45 bits per heavy atom. The monoisotopic (exact) mass is 371 g/mol. The Bertz CT molecular complexity index is 670. The summed E-state index contributed by atoms with van der Waals surface area (Å²) in [6, 6.07) is 4.71. The van der Waals surface area contributed by atoms with E-state index in [0.717, 1.165) is 11.3 Å². The summed E-state index contributed by atoms with van der Waals surface area (Å²) in [5.41, 5.74) is 3.03. The van der Waals surface area contributed by atoms with Gasteiger partial charge in [0.25, 0.3) is 0 Å². The van der Waals surface area contributed by atoms with Crippen LogP contribution in [0.2, 0.25) is 0 Å². The fraction of sp³-hybridized carbons (Fsp3) is 0.222. The molecule has 2 nitrogen and oxygen atoms in total. The largest absolute Gasteiger partial charge is 0.481 e. The fourth-order valence-corrected chi connectivity index (χ4v) is 2.16. The number of allylic oxidation sites excluding steroid dienone is 3. The third kappa shape index (κ3) is 3.88. The minimum atomic E-state index is -0.369. The van der Waals surface area contributed by atoms with Gasteiger partial charge in [0, 0.05) is 45.3 Å². The third-order valence-corrected chi connectivity index (χ3v) is 3.31. The standard InChI is InChI=1S/C18H17FNO.Y/c1-5-11-21-15-8-9-16(17(19)12-15)18-10-7-13(3)14(4)20(18)6-2;/h1,7-9,12H,4,6,11H2,2-3H3;/q-1;. The van der Waals surface area contributed by atoms with Crippen molar-refractivity contribution in [2.75, 3.05) is 13.2 Å². The Hall–Kier alpha value is -1.37. The quantitative estimate of drug-likeness (QED) is 0.590. The van der Waals surface area contributed by atoms with Gasteiger partial charge < -0.3 is 9.64 Å². The van der Waals surface area contributed by atoms with Crippen molar-refractivity contribution in [1.82, 2.24) is 4.90 Å². The van der Waals surface area contributed by atoms with Gasteiger partial charge in [0.05, 0.1) is 5.82 Å². The topological polar surface area (TPSA) is 12.5 Å². The molecular formula is C18H17FNOY-. The smallest absolute Gasteiger partial charge is 0.148 e. The van der Waals surface area contributed by atoms with Crippen LogP contribution >= 0.6 is 0 Å². The van der Waals surface area contributed by atoms with Crippen molar-refractivity contribution in [2.24, 2.45) is 0 Å². The van der Waals surface area contributed by atoms with Gasteiger partial charge in [0.1, 0.15) is 12.4 Å². The van der Waals surface area contributed by atoms with E-state index in [0.29, 0.717) is 23.6 Å². The van der Waals surface area contributed by atoms with Crippen molar-refractivity contribution in [2.45, 2.75) is 13.8 Å². The summed E-state index contributed by atoms with van der Waals surface area (Å²) in [5.74, 6) is 2.40. The van der Waals surface area contributed by atoms with E-state index in [1.165, 1.54) is 6.07 Å². The number of hydrogen-bond donors (Lipinski definition) is 0. The van der Waals surface area contributed by atoms with Crippen LogP contribution in [0.5, 0.6) is 5.75 Å². The zero-order valence-corrected chi connectivity index (χ0v) is 15.7. The molecule has 1 aliphatic heterocycles. The number of nitrogens with zero attached hydrogens (tertiary/aromatic N) is 1. The van der Waals surface area contributed by atoms with E-state index in [4.69, 9.17) is 11.2 Å². The van der Waals surface area contributed by atoms with Crippen molar-refractivity contribution in [3.05, 3.63) is 59.6 Å². The van der Waals surface area contributed by atoms with Crippen molar-refractivity contribution in [1.29, 1.82) is 0 Å². The number of benzene rings is 1. The predicted octanol–water partition coefficient (Wildman–Crippen LogP) is 3.77. The maximum Gasteiger partial charge on any atom is 0.148 e. The molecule has 0 bridgehead atoms. The van der Waals surface area contributed by atoms with E-state index in [2.05, 4.69) is 18.6 Å². The first-order chi connectivity index (χ1) is 10.1. The molecule has 1 heterocycles. The van der Waals surface area contributed by atoms with E-state index < -0.39 is 0 Å². The molecule has 1 aromatic carbocycles. The molecule has 0 aromatic heterocycles. The molecule has 1 radical (unpaired) electrons. The molecule has 0 amide bonds. The average Bonchev–Trinajstić information content (AvgIpc) is 2.48. The normalized spacial score (nSPS) is 13.7.